The lowest BCUT2D eigenvalue weighted by molar-refractivity contribution is -0.920. The lowest BCUT2D eigenvalue weighted by Crippen LogP contribution is -3.17. The number of likely N-dealkylation sites (tertiary alicyclic amines) is 1. The van der Waals surface area contributed by atoms with Crippen molar-refractivity contribution in [1.29, 1.82) is 0 Å². The van der Waals surface area contributed by atoms with E-state index in [1.165, 1.54) is 23.5 Å². The Balaban J connectivity index is 1.93. The third kappa shape index (κ3) is 3.91. The molecule has 0 aromatic heterocycles. The molecule has 104 valence electrons. The van der Waals surface area contributed by atoms with E-state index in [1.54, 1.807) is 6.07 Å². The molecule has 2 atom stereocenters. The number of nitrogens with one attached hydrogen (secondary N) is 2. The van der Waals surface area contributed by atoms with Gasteiger partial charge in [-0.3, -0.25) is 4.79 Å². The minimum atomic E-state index is -0.498. The smallest absolute Gasteiger partial charge is 0.279 e. The highest BCUT2D eigenvalue weighted by Crippen LogP contribution is 2.18. The molecule has 1 aliphatic rings. The molecule has 1 aromatic carbocycles. The maximum atomic E-state index is 13.6. The number of halogens is 2. The van der Waals surface area contributed by atoms with E-state index in [-0.39, 0.29) is 11.6 Å². The van der Waals surface area contributed by atoms with Crippen LogP contribution in [0.3, 0.4) is 0 Å². The first-order valence-corrected chi connectivity index (χ1v) is 7.03. The number of carbonyl (C=O) groups is 1. The highest BCUT2D eigenvalue weighted by molar-refractivity contribution is 6.30. The Morgan fingerprint density at radius 2 is 2.32 bits per heavy atom. The molecule has 5 heteroatoms. The van der Waals surface area contributed by atoms with Crippen LogP contribution in [-0.2, 0) is 4.79 Å². The third-order valence-corrected chi connectivity index (χ3v) is 3.91. The Morgan fingerprint density at radius 3 is 3.00 bits per heavy atom. The molecule has 0 saturated carbocycles. The summed E-state index contributed by atoms with van der Waals surface area (Å²) in [6.45, 7) is 3.56. The molecule has 1 amide bonds. The Kier molecular flexibility index (Phi) is 4.77. The molecule has 2 N–H and O–H groups in total. The van der Waals surface area contributed by atoms with Gasteiger partial charge in [-0.05, 0) is 44.4 Å². The standard InChI is InChI=1S/C14H18ClFN2O/c1-10-4-2-3-7-18(10)9-14(19)17-13-6-5-11(15)8-12(13)16/h5-6,8,10H,2-4,7,9H2,1H3,(H,17,19)/p+1/t10-/m1/s1. The van der Waals surface area contributed by atoms with Gasteiger partial charge < -0.3 is 10.2 Å². The second kappa shape index (κ2) is 6.35. The summed E-state index contributed by atoms with van der Waals surface area (Å²) in [5, 5.41) is 2.94. The molecular formula is C14H19ClFN2O+. The van der Waals surface area contributed by atoms with Crippen molar-refractivity contribution in [3.63, 3.8) is 0 Å². The third-order valence-electron chi connectivity index (χ3n) is 3.67. The molecule has 1 unspecified atom stereocenters. The number of quaternary nitrogens is 1. The average Bonchev–Trinajstić information content (AvgIpc) is 2.36. The van der Waals surface area contributed by atoms with Gasteiger partial charge in [0.1, 0.15) is 5.82 Å². The molecule has 1 saturated heterocycles. The van der Waals surface area contributed by atoms with Crippen molar-refractivity contribution in [1.82, 2.24) is 0 Å². The van der Waals surface area contributed by atoms with E-state index in [9.17, 15) is 9.18 Å². The van der Waals surface area contributed by atoms with Crippen LogP contribution in [0.5, 0.6) is 0 Å². The van der Waals surface area contributed by atoms with Crippen molar-refractivity contribution in [2.45, 2.75) is 32.2 Å². The minimum absolute atomic E-state index is 0.148. The van der Waals surface area contributed by atoms with E-state index < -0.39 is 5.82 Å². The Morgan fingerprint density at radius 1 is 1.53 bits per heavy atom. The van der Waals surface area contributed by atoms with Crippen LogP contribution in [0.1, 0.15) is 26.2 Å². The van der Waals surface area contributed by atoms with Gasteiger partial charge in [0.15, 0.2) is 6.54 Å². The van der Waals surface area contributed by atoms with Gasteiger partial charge in [0.25, 0.3) is 5.91 Å². The first kappa shape index (κ1) is 14.3. The molecule has 1 heterocycles. The number of amides is 1. The van der Waals surface area contributed by atoms with Crippen molar-refractivity contribution in [3.8, 4) is 0 Å². The molecule has 1 aromatic rings. The van der Waals surface area contributed by atoms with Crippen LogP contribution in [0, 0.1) is 5.82 Å². The summed E-state index contributed by atoms with van der Waals surface area (Å²) in [5.74, 6) is -0.646. The van der Waals surface area contributed by atoms with Crippen LogP contribution < -0.4 is 10.2 Å². The maximum absolute atomic E-state index is 13.6. The Labute approximate surface area is 117 Å². The minimum Gasteiger partial charge on any atom is -0.325 e. The molecule has 2 rings (SSSR count). The highest BCUT2D eigenvalue weighted by Gasteiger charge is 2.24. The molecule has 0 bridgehead atoms. The second-order valence-corrected chi connectivity index (χ2v) is 5.59. The lowest BCUT2D eigenvalue weighted by Gasteiger charge is -2.29. The van der Waals surface area contributed by atoms with Gasteiger partial charge in [-0.15, -0.1) is 0 Å². The predicted octanol–water partition coefficient (Wildman–Crippen LogP) is 1.87. The van der Waals surface area contributed by atoms with Gasteiger partial charge in [0.2, 0.25) is 0 Å². The predicted molar refractivity (Wildman–Crippen MR) is 74.0 cm³/mol. The van der Waals surface area contributed by atoms with Crippen LogP contribution in [0.2, 0.25) is 5.02 Å². The zero-order valence-corrected chi connectivity index (χ0v) is 11.8. The molecule has 1 aliphatic heterocycles. The van der Waals surface area contributed by atoms with Crippen molar-refractivity contribution < 1.29 is 14.1 Å². The molecule has 0 radical (unpaired) electrons. The van der Waals surface area contributed by atoms with Crippen molar-refractivity contribution in [3.05, 3.63) is 29.0 Å². The van der Waals surface area contributed by atoms with Gasteiger partial charge in [0, 0.05) is 5.02 Å². The summed E-state index contributed by atoms with van der Waals surface area (Å²) in [5.41, 5.74) is 0.193. The fourth-order valence-corrected chi connectivity index (χ4v) is 2.67. The van der Waals surface area contributed by atoms with E-state index in [2.05, 4.69) is 12.2 Å². The van der Waals surface area contributed by atoms with Crippen LogP contribution in [-0.4, -0.2) is 25.0 Å². The largest absolute Gasteiger partial charge is 0.325 e. The van der Waals surface area contributed by atoms with Crippen LogP contribution in [0.15, 0.2) is 18.2 Å². The molecular weight excluding hydrogens is 267 g/mol. The molecule has 19 heavy (non-hydrogen) atoms. The Hall–Kier alpha value is -1.13. The summed E-state index contributed by atoms with van der Waals surface area (Å²) >= 11 is 5.67. The highest BCUT2D eigenvalue weighted by atomic mass is 35.5. The zero-order chi connectivity index (χ0) is 13.8. The van der Waals surface area contributed by atoms with Gasteiger partial charge in [0.05, 0.1) is 18.3 Å². The number of rotatable bonds is 3. The van der Waals surface area contributed by atoms with E-state index in [1.807, 2.05) is 0 Å². The summed E-state index contributed by atoms with van der Waals surface area (Å²) < 4.78 is 13.6. The van der Waals surface area contributed by atoms with E-state index in [4.69, 9.17) is 11.6 Å². The summed E-state index contributed by atoms with van der Waals surface area (Å²) in [4.78, 5) is 13.2. The van der Waals surface area contributed by atoms with Crippen molar-refractivity contribution in [2.75, 3.05) is 18.4 Å². The molecule has 0 aliphatic carbocycles. The second-order valence-electron chi connectivity index (χ2n) is 5.15. The maximum Gasteiger partial charge on any atom is 0.279 e. The molecule has 3 nitrogen and oxygen atoms in total. The fraction of sp³-hybridized carbons (Fsp3) is 0.500. The number of hydrogen-bond donors (Lipinski definition) is 2. The summed E-state index contributed by atoms with van der Waals surface area (Å²) in [6.07, 6.45) is 3.54. The van der Waals surface area contributed by atoms with E-state index >= 15 is 0 Å². The number of anilines is 1. The van der Waals surface area contributed by atoms with Gasteiger partial charge >= 0.3 is 0 Å². The van der Waals surface area contributed by atoms with Crippen LogP contribution in [0.4, 0.5) is 10.1 Å². The summed E-state index contributed by atoms with van der Waals surface area (Å²) in [6, 6.07) is 4.75. The molecule has 1 fully saturated rings. The normalized spacial score (nSPS) is 23.1. The Bertz CT molecular complexity index is 467. The topological polar surface area (TPSA) is 33.5 Å². The number of carbonyl (C=O) groups excluding carboxylic acids is 1. The summed E-state index contributed by atoms with van der Waals surface area (Å²) in [7, 11) is 0. The van der Waals surface area contributed by atoms with Crippen molar-refractivity contribution in [2.24, 2.45) is 0 Å². The first-order chi connectivity index (χ1) is 9.06. The SMILES string of the molecule is C[C@@H]1CCCC[NH+]1CC(=O)Nc1ccc(Cl)cc1F. The zero-order valence-electron chi connectivity index (χ0n) is 11.0. The van der Waals surface area contributed by atoms with E-state index in [0.29, 0.717) is 17.6 Å². The van der Waals surface area contributed by atoms with E-state index in [0.717, 1.165) is 19.4 Å². The van der Waals surface area contributed by atoms with Crippen LogP contribution >= 0.6 is 11.6 Å². The van der Waals surface area contributed by atoms with Gasteiger partial charge in [-0.25, -0.2) is 4.39 Å². The van der Waals surface area contributed by atoms with Crippen LogP contribution in [0.25, 0.3) is 0 Å². The monoisotopic (exact) mass is 285 g/mol. The quantitative estimate of drug-likeness (QED) is 0.873. The number of piperidine rings is 1. The fourth-order valence-electron chi connectivity index (χ4n) is 2.51. The van der Waals surface area contributed by atoms with Crippen molar-refractivity contribution >= 4 is 23.2 Å². The first-order valence-electron chi connectivity index (χ1n) is 6.66. The number of benzene rings is 1. The van der Waals surface area contributed by atoms with Gasteiger partial charge in [-0.1, -0.05) is 11.6 Å². The lowest BCUT2D eigenvalue weighted by atomic mass is 10.0. The molecule has 0 spiro atoms. The average molecular weight is 286 g/mol. The number of hydrogen-bond acceptors (Lipinski definition) is 1. The van der Waals surface area contributed by atoms with Gasteiger partial charge in [-0.2, -0.15) is 0 Å².